The fourth-order valence-corrected chi connectivity index (χ4v) is 3.15. The van der Waals surface area contributed by atoms with Gasteiger partial charge in [-0.05, 0) is 52.9 Å². The first-order chi connectivity index (χ1) is 9.22. The molecule has 0 unspecified atom stereocenters. The number of ether oxygens (including phenoxy) is 2. The molecule has 1 aliphatic heterocycles. The topological polar surface area (TPSA) is 50.7 Å². The lowest BCUT2D eigenvalue weighted by Crippen LogP contribution is -2.53. The highest BCUT2D eigenvalue weighted by Gasteiger charge is 2.35. The maximum absolute atomic E-state index is 9.44. The van der Waals surface area contributed by atoms with Crippen LogP contribution >= 0.6 is 15.9 Å². The van der Waals surface area contributed by atoms with E-state index < -0.39 is 0 Å². The zero-order valence-electron chi connectivity index (χ0n) is 10.7. The number of halogens is 1. The van der Waals surface area contributed by atoms with Gasteiger partial charge in [-0.1, -0.05) is 0 Å². The number of rotatable bonds is 4. The minimum Gasteiger partial charge on any atom is -0.486 e. The Morgan fingerprint density at radius 1 is 1.26 bits per heavy atom. The van der Waals surface area contributed by atoms with Crippen LogP contribution in [0.25, 0.3) is 0 Å². The number of aliphatic hydroxyl groups is 1. The molecule has 1 fully saturated rings. The monoisotopic (exact) mass is 327 g/mol. The van der Waals surface area contributed by atoms with E-state index in [9.17, 15) is 5.11 Å². The fourth-order valence-electron chi connectivity index (χ4n) is 2.55. The summed E-state index contributed by atoms with van der Waals surface area (Å²) in [5, 5.41) is 12.9. The Morgan fingerprint density at radius 2 is 2.05 bits per heavy atom. The molecule has 3 rings (SSSR count). The number of aliphatic hydroxyl groups excluding tert-OH is 1. The molecule has 2 N–H and O–H groups in total. The Hall–Kier alpha value is -0.780. The summed E-state index contributed by atoms with van der Waals surface area (Å²) >= 11 is 3.52. The van der Waals surface area contributed by atoms with Crippen molar-refractivity contribution in [1.29, 1.82) is 0 Å². The molecule has 2 aliphatic rings. The predicted octanol–water partition coefficient (Wildman–Crippen LogP) is 2.22. The summed E-state index contributed by atoms with van der Waals surface area (Å²) in [6.45, 7) is 2.13. The van der Waals surface area contributed by atoms with Gasteiger partial charge in [0, 0.05) is 12.1 Å². The number of fused-ring (bicyclic) bond motifs is 1. The maximum atomic E-state index is 9.44. The van der Waals surface area contributed by atoms with E-state index in [2.05, 4.69) is 21.2 Å². The molecule has 0 bridgehead atoms. The minimum atomic E-state index is -0.0697. The molecule has 19 heavy (non-hydrogen) atoms. The van der Waals surface area contributed by atoms with Crippen molar-refractivity contribution >= 4 is 15.9 Å². The van der Waals surface area contributed by atoms with Gasteiger partial charge in [-0.2, -0.15) is 0 Å². The second-order valence-electron chi connectivity index (χ2n) is 5.25. The van der Waals surface area contributed by atoms with Crippen molar-refractivity contribution < 1.29 is 14.6 Å². The van der Waals surface area contributed by atoms with Gasteiger partial charge in [-0.3, -0.25) is 0 Å². The normalized spacial score (nSPS) is 19.9. The van der Waals surface area contributed by atoms with Gasteiger partial charge in [0.25, 0.3) is 0 Å². The lowest BCUT2D eigenvalue weighted by molar-refractivity contribution is 0.0871. The second-order valence-corrected chi connectivity index (χ2v) is 6.10. The van der Waals surface area contributed by atoms with Crippen LogP contribution in [0.4, 0.5) is 0 Å². The highest BCUT2D eigenvalue weighted by molar-refractivity contribution is 9.10. The van der Waals surface area contributed by atoms with Crippen LogP contribution in [-0.4, -0.2) is 30.5 Å². The van der Waals surface area contributed by atoms with Crippen molar-refractivity contribution in [3.8, 4) is 11.5 Å². The van der Waals surface area contributed by atoms with Gasteiger partial charge in [0.1, 0.15) is 13.2 Å². The third-order valence-corrected chi connectivity index (χ3v) is 4.53. The average molecular weight is 328 g/mol. The number of hydrogen-bond donors (Lipinski definition) is 2. The summed E-state index contributed by atoms with van der Waals surface area (Å²) in [5.74, 6) is 1.58. The molecule has 0 saturated heterocycles. The van der Waals surface area contributed by atoms with Gasteiger partial charge >= 0.3 is 0 Å². The molecule has 0 aromatic heterocycles. The first-order valence-corrected chi connectivity index (χ1v) is 7.46. The summed E-state index contributed by atoms with van der Waals surface area (Å²) < 4.78 is 12.1. The first kappa shape index (κ1) is 13.2. The number of benzene rings is 1. The Bertz CT molecular complexity index is 468. The van der Waals surface area contributed by atoms with Gasteiger partial charge in [-0.25, -0.2) is 0 Å². The maximum Gasteiger partial charge on any atom is 0.175 e. The van der Waals surface area contributed by atoms with Gasteiger partial charge in [0.15, 0.2) is 11.5 Å². The molecule has 0 radical (unpaired) electrons. The van der Waals surface area contributed by atoms with E-state index in [0.29, 0.717) is 13.2 Å². The lowest BCUT2D eigenvalue weighted by atomic mass is 9.77. The Kier molecular flexibility index (Phi) is 3.69. The highest BCUT2D eigenvalue weighted by atomic mass is 79.9. The zero-order valence-corrected chi connectivity index (χ0v) is 12.3. The van der Waals surface area contributed by atoms with Crippen molar-refractivity contribution in [2.45, 2.75) is 31.3 Å². The van der Waals surface area contributed by atoms with Crippen LogP contribution in [0.15, 0.2) is 16.6 Å². The molecule has 1 heterocycles. The van der Waals surface area contributed by atoms with E-state index in [-0.39, 0.29) is 12.1 Å². The molecule has 4 nitrogen and oxygen atoms in total. The third kappa shape index (κ3) is 2.59. The van der Waals surface area contributed by atoms with Crippen molar-refractivity contribution in [1.82, 2.24) is 5.32 Å². The predicted molar refractivity (Wildman–Crippen MR) is 75.6 cm³/mol. The molecule has 0 amide bonds. The summed E-state index contributed by atoms with van der Waals surface area (Å²) in [7, 11) is 0. The van der Waals surface area contributed by atoms with Crippen molar-refractivity contribution in [2.75, 3.05) is 19.8 Å². The second kappa shape index (κ2) is 5.31. The molecule has 1 saturated carbocycles. The van der Waals surface area contributed by atoms with E-state index in [4.69, 9.17) is 9.47 Å². The largest absolute Gasteiger partial charge is 0.486 e. The molecule has 0 spiro atoms. The third-order valence-electron chi connectivity index (χ3n) is 3.94. The Balaban J connectivity index is 1.73. The van der Waals surface area contributed by atoms with Crippen LogP contribution < -0.4 is 14.8 Å². The molecule has 1 aliphatic carbocycles. The summed E-state index contributed by atoms with van der Waals surface area (Å²) in [6, 6.07) is 4.06. The van der Waals surface area contributed by atoms with Crippen LogP contribution in [0.3, 0.4) is 0 Å². The van der Waals surface area contributed by atoms with E-state index >= 15 is 0 Å². The van der Waals surface area contributed by atoms with E-state index in [1.165, 1.54) is 6.42 Å². The molecule has 1 aromatic rings. The van der Waals surface area contributed by atoms with E-state index in [0.717, 1.165) is 40.9 Å². The number of hydrogen-bond acceptors (Lipinski definition) is 4. The lowest BCUT2D eigenvalue weighted by Gasteiger charge is -2.41. The Morgan fingerprint density at radius 3 is 2.74 bits per heavy atom. The quantitative estimate of drug-likeness (QED) is 0.890. The van der Waals surface area contributed by atoms with Crippen LogP contribution in [0.5, 0.6) is 11.5 Å². The smallest absolute Gasteiger partial charge is 0.175 e. The molecular weight excluding hydrogens is 310 g/mol. The molecule has 5 heteroatoms. The fraction of sp³-hybridized carbons (Fsp3) is 0.571. The SMILES string of the molecule is OCC1(NCc2cc(Br)c3c(c2)OCCO3)CCC1. The summed E-state index contributed by atoms with van der Waals surface area (Å²) in [6.07, 6.45) is 3.29. The summed E-state index contributed by atoms with van der Waals surface area (Å²) in [4.78, 5) is 0. The van der Waals surface area contributed by atoms with E-state index in [1.54, 1.807) is 0 Å². The van der Waals surface area contributed by atoms with Crippen LogP contribution in [0, 0.1) is 0 Å². The molecular formula is C14H18BrNO3. The first-order valence-electron chi connectivity index (χ1n) is 6.66. The highest BCUT2D eigenvalue weighted by Crippen LogP contribution is 2.39. The number of nitrogens with one attached hydrogen (secondary N) is 1. The van der Waals surface area contributed by atoms with Crippen LogP contribution in [-0.2, 0) is 6.54 Å². The van der Waals surface area contributed by atoms with Gasteiger partial charge in [-0.15, -0.1) is 0 Å². The zero-order chi connectivity index (χ0) is 13.3. The van der Waals surface area contributed by atoms with Crippen molar-refractivity contribution in [3.05, 3.63) is 22.2 Å². The van der Waals surface area contributed by atoms with E-state index in [1.807, 2.05) is 12.1 Å². The van der Waals surface area contributed by atoms with Gasteiger partial charge < -0.3 is 19.9 Å². The van der Waals surface area contributed by atoms with Crippen molar-refractivity contribution in [2.24, 2.45) is 0 Å². The van der Waals surface area contributed by atoms with Crippen LogP contribution in [0.2, 0.25) is 0 Å². The van der Waals surface area contributed by atoms with Gasteiger partial charge in [0.2, 0.25) is 0 Å². The minimum absolute atomic E-state index is 0.0697. The van der Waals surface area contributed by atoms with Crippen molar-refractivity contribution in [3.63, 3.8) is 0 Å². The van der Waals surface area contributed by atoms with Gasteiger partial charge in [0.05, 0.1) is 11.1 Å². The summed E-state index contributed by atoms with van der Waals surface area (Å²) in [5.41, 5.74) is 1.07. The molecule has 104 valence electrons. The molecule has 1 aromatic carbocycles. The van der Waals surface area contributed by atoms with Crippen LogP contribution in [0.1, 0.15) is 24.8 Å². The Labute approximate surface area is 121 Å². The average Bonchev–Trinajstić information content (AvgIpc) is 2.38. The molecule has 0 atom stereocenters. The standard InChI is InChI=1S/C14H18BrNO3/c15-11-6-10(7-12-13(11)19-5-4-18-12)8-16-14(9-17)2-1-3-14/h6-7,16-17H,1-5,8-9H2.